The van der Waals surface area contributed by atoms with Gasteiger partial charge in [0.15, 0.2) is 0 Å². The number of carbonyl (C=O) groups excluding carboxylic acids is 1. The highest BCUT2D eigenvalue weighted by Gasteiger charge is 2.12. The van der Waals surface area contributed by atoms with Crippen molar-refractivity contribution in [2.45, 2.75) is 19.8 Å². The van der Waals surface area contributed by atoms with Crippen molar-refractivity contribution < 1.29 is 14.3 Å². The van der Waals surface area contributed by atoms with Crippen LogP contribution in [0.2, 0.25) is 0 Å². The van der Waals surface area contributed by atoms with Crippen molar-refractivity contribution in [2.24, 2.45) is 0 Å². The molecule has 0 saturated carbocycles. The highest BCUT2D eigenvalue weighted by atomic mass is 79.9. The molecule has 0 aliphatic rings. The number of ether oxygens (including phenoxy) is 2. The van der Waals surface area contributed by atoms with Gasteiger partial charge in [-0.05, 0) is 63.8 Å². The SMILES string of the molecule is COc1ccc(C(=O)Oc2ccc(C(C)C)cc2Br)cc1. The zero-order valence-corrected chi connectivity index (χ0v) is 13.8. The molecular weight excluding hydrogens is 332 g/mol. The second-order valence-corrected chi connectivity index (χ2v) is 5.82. The van der Waals surface area contributed by atoms with Crippen LogP contribution in [0.1, 0.15) is 35.7 Å². The number of halogens is 1. The summed E-state index contributed by atoms with van der Waals surface area (Å²) in [6.45, 7) is 4.23. The fourth-order valence-corrected chi connectivity index (χ4v) is 2.32. The molecule has 0 fully saturated rings. The molecule has 2 aromatic carbocycles. The van der Waals surface area contributed by atoms with Gasteiger partial charge in [-0.25, -0.2) is 4.79 Å². The van der Waals surface area contributed by atoms with Gasteiger partial charge >= 0.3 is 5.97 Å². The molecule has 21 heavy (non-hydrogen) atoms. The molecule has 0 heterocycles. The number of benzene rings is 2. The van der Waals surface area contributed by atoms with E-state index in [4.69, 9.17) is 9.47 Å². The molecule has 2 aromatic rings. The average molecular weight is 349 g/mol. The first-order valence-corrected chi connectivity index (χ1v) is 7.46. The van der Waals surface area contributed by atoms with Gasteiger partial charge in [0.25, 0.3) is 0 Å². The lowest BCUT2D eigenvalue weighted by Crippen LogP contribution is -2.08. The molecule has 0 radical (unpaired) electrons. The summed E-state index contributed by atoms with van der Waals surface area (Å²) in [4.78, 5) is 12.1. The monoisotopic (exact) mass is 348 g/mol. The Hall–Kier alpha value is -1.81. The fourth-order valence-electron chi connectivity index (χ4n) is 1.84. The molecular formula is C17H17BrO3. The molecule has 0 unspecified atom stereocenters. The van der Waals surface area contributed by atoms with Crippen molar-refractivity contribution in [3.8, 4) is 11.5 Å². The fraction of sp³-hybridized carbons (Fsp3) is 0.235. The molecule has 0 aliphatic carbocycles. The van der Waals surface area contributed by atoms with Gasteiger partial charge in [0.1, 0.15) is 11.5 Å². The number of carbonyl (C=O) groups is 1. The Labute approximate surface area is 133 Å². The van der Waals surface area contributed by atoms with Crippen LogP contribution in [0.4, 0.5) is 0 Å². The topological polar surface area (TPSA) is 35.5 Å². The Morgan fingerprint density at radius 2 is 1.76 bits per heavy atom. The molecule has 2 rings (SSSR count). The third-order valence-electron chi connectivity index (χ3n) is 3.15. The quantitative estimate of drug-likeness (QED) is 0.588. The molecule has 0 saturated heterocycles. The average Bonchev–Trinajstić information content (AvgIpc) is 2.49. The summed E-state index contributed by atoms with van der Waals surface area (Å²) in [5.74, 6) is 1.25. The maximum absolute atomic E-state index is 12.1. The van der Waals surface area contributed by atoms with Crippen LogP contribution in [-0.4, -0.2) is 13.1 Å². The summed E-state index contributed by atoms with van der Waals surface area (Å²) in [5.41, 5.74) is 1.67. The smallest absolute Gasteiger partial charge is 0.343 e. The van der Waals surface area contributed by atoms with Gasteiger partial charge in [-0.1, -0.05) is 19.9 Å². The molecule has 3 nitrogen and oxygen atoms in total. The summed E-state index contributed by atoms with van der Waals surface area (Å²) < 4.78 is 11.2. The van der Waals surface area contributed by atoms with Crippen molar-refractivity contribution in [1.82, 2.24) is 0 Å². The van der Waals surface area contributed by atoms with Crippen molar-refractivity contribution in [3.63, 3.8) is 0 Å². The van der Waals surface area contributed by atoms with E-state index in [9.17, 15) is 4.79 Å². The minimum Gasteiger partial charge on any atom is -0.497 e. The predicted molar refractivity (Wildman–Crippen MR) is 86.2 cm³/mol. The number of rotatable bonds is 4. The highest BCUT2D eigenvalue weighted by molar-refractivity contribution is 9.10. The first-order valence-electron chi connectivity index (χ1n) is 6.67. The van der Waals surface area contributed by atoms with Gasteiger partial charge in [0, 0.05) is 0 Å². The first kappa shape index (κ1) is 15.6. The summed E-state index contributed by atoms with van der Waals surface area (Å²) in [6, 6.07) is 12.6. The molecule has 0 spiro atoms. The van der Waals surface area contributed by atoms with Gasteiger partial charge in [-0.2, -0.15) is 0 Å². The Balaban J connectivity index is 2.15. The van der Waals surface area contributed by atoms with Crippen LogP contribution in [0.5, 0.6) is 11.5 Å². The van der Waals surface area contributed by atoms with Gasteiger partial charge < -0.3 is 9.47 Å². The third kappa shape index (κ3) is 3.85. The summed E-state index contributed by atoms with van der Waals surface area (Å²) in [5, 5.41) is 0. The summed E-state index contributed by atoms with van der Waals surface area (Å²) in [7, 11) is 1.58. The third-order valence-corrected chi connectivity index (χ3v) is 3.77. The molecule has 110 valence electrons. The van der Waals surface area contributed by atoms with E-state index in [0.717, 1.165) is 4.47 Å². The highest BCUT2D eigenvalue weighted by Crippen LogP contribution is 2.29. The van der Waals surface area contributed by atoms with E-state index in [1.165, 1.54) is 5.56 Å². The largest absolute Gasteiger partial charge is 0.497 e. The van der Waals surface area contributed by atoms with Gasteiger partial charge in [-0.3, -0.25) is 0 Å². The second kappa shape index (κ2) is 6.76. The maximum atomic E-state index is 12.1. The van der Waals surface area contributed by atoms with Crippen LogP contribution >= 0.6 is 15.9 Å². The molecule has 0 amide bonds. The van der Waals surface area contributed by atoms with Crippen LogP contribution in [-0.2, 0) is 0 Å². The van der Waals surface area contributed by atoms with E-state index in [0.29, 0.717) is 23.0 Å². The van der Waals surface area contributed by atoms with Crippen LogP contribution in [0.25, 0.3) is 0 Å². The first-order chi connectivity index (χ1) is 10.0. The van der Waals surface area contributed by atoms with E-state index < -0.39 is 5.97 Å². The van der Waals surface area contributed by atoms with E-state index in [1.807, 2.05) is 12.1 Å². The van der Waals surface area contributed by atoms with E-state index in [1.54, 1.807) is 37.4 Å². The minimum absolute atomic E-state index is 0.393. The Morgan fingerprint density at radius 3 is 2.29 bits per heavy atom. The lowest BCUT2D eigenvalue weighted by Gasteiger charge is -2.10. The van der Waals surface area contributed by atoms with Crippen molar-refractivity contribution in [3.05, 3.63) is 58.1 Å². The molecule has 0 aromatic heterocycles. The van der Waals surface area contributed by atoms with E-state index in [2.05, 4.69) is 29.8 Å². The van der Waals surface area contributed by atoms with Crippen molar-refractivity contribution >= 4 is 21.9 Å². The maximum Gasteiger partial charge on any atom is 0.343 e. The number of esters is 1. The minimum atomic E-state index is -0.393. The van der Waals surface area contributed by atoms with E-state index >= 15 is 0 Å². The number of hydrogen-bond donors (Lipinski definition) is 0. The summed E-state index contributed by atoms with van der Waals surface area (Å²) in [6.07, 6.45) is 0. The molecule has 4 heteroatoms. The van der Waals surface area contributed by atoms with Crippen molar-refractivity contribution in [1.29, 1.82) is 0 Å². The zero-order chi connectivity index (χ0) is 15.4. The number of hydrogen-bond acceptors (Lipinski definition) is 3. The van der Waals surface area contributed by atoms with E-state index in [-0.39, 0.29) is 0 Å². The summed E-state index contributed by atoms with van der Waals surface area (Å²) >= 11 is 3.44. The Bertz CT molecular complexity index is 633. The van der Waals surface area contributed by atoms with Gasteiger partial charge in [0.05, 0.1) is 17.1 Å². The van der Waals surface area contributed by atoms with Crippen LogP contribution in [0.3, 0.4) is 0 Å². The lowest BCUT2D eigenvalue weighted by molar-refractivity contribution is 0.0733. The second-order valence-electron chi connectivity index (χ2n) is 4.96. The standard InChI is InChI=1S/C17H17BrO3/c1-11(2)13-6-9-16(15(18)10-13)21-17(19)12-4-7-14(20-3)8-5-12/h4-11H,1-3H3. The molecule has 0 N–H and O–H groups in total. The predicted octanol–water partition coefficient (Wildman–Crippen LogP) is 4.80. The van der Waals surface area contributed by atoms with Crippen LogP contribution < -0.4 is 9.47 Å². The molecule has 0 atom stereocenters. The number of methoxy groups -OCH3 is 1. The van der Waals surface area contributed by atoms with Crippen molar-refractivity contribution in [2.75, 3.05) is 7.11 Å². The molecule has 0 bridgehead atoms. The van der Waals surface area contributed by atoms with Crippen LogP contribution in [0, 0.1) is 0 Å². The molecule has 0 aliphatic heterocycles. The lowest BCUT2D eigenvalue weighted by atomic mass is 10.0. The Morgan fingerprint density at radius 1 is 1.10 bits per heavy atom. The normalized spacial score (nSPS) is 10.5. The van der Waals surface area contributed by atoms with Gasteiger partial charge in [-0.15, -0.1) is 0 Å². The zero-order valence-electron chi connectivity index (χ0n) is 12.2. The van der Waals surface area contributed by atoms with Crippen LogP contribution in [0.15, 0.2) is 46.9 Å². The van der Waals surface area contributed by atoms with Gasteiger partial charge in [0.2, 0.25) is 0 Å². The Kier molecular flexibility index (Phi) is 5.02.